The van der Waals surface area contributed by atoms with Gasteiger partial charge in [-0.05, 0) is 42.5 Å². The molecule has 3 aromatic rings. The van der Waals surface area contributed by atoms with Crippen molar-refractivity contribution in [3.05, 3.63) is 82.7 Å². The molecule has 0 saturated heterocycles. The van der Waals surface area contributed by atoms with Crippen LogP contribution in [0.1, 0.15) is 5.76 Å². The van der Waals surface area contributed by atoms with E-state index in [4.69, 9.17) is 4.42 Å². The maximum absolute atomic E-state index is 14.1. The molecule has 0 spiro atoms. The first-order valence-electron chi connectivity index (χ1n) is 8.29. The summed E-state index contributed by atoms with van der Waals surface area (Å²) >= 11 is 3.11. The summed E-state index contributed by atoms with van der Waals surface area (Å²) in [6, 6.07) is 11.9. The third kappa shape index (κ3) is 5.08. The number of anilines is 1. The minimum absolute atomic E-state index is 0.112. The Morgan fingerprint density at radius 2 is 1.83 bits per heavy atom. The van der Waals surface area contributed by atoms with Crippen molar-refractivity contribution in [1.29, 1.82) is 0 Å². The fraction of sp³-hybridized carbons (Fsp3) is 0.105. The first kappa shape index (κ1) is 21.2. The number of halogens is 3. The molecule has 0 aliphatic carbocycles. The van der Waals surface area contributed by atoms with Crippen LogP contribution in [0.5, 0.6) is 0 Å². The second-order valence-corrected chi connectivity index (χ2v) is 8.78. The van der Waals surface area contributed by atoms with Crippen LogP contribution in [-0.2, 0) is 21.4 Å². The third-order valence-electron chi connectivity index (χ3n) is 3.89. The fourth-order valence-corrected chi connectivity index (χ4v) is 4.30. The molecule has 0 aliphatic rings. The van der Waals surface area contributed by atoms with Crippen LogP contribution < -0.4 is 5.32 Å². The Balaban J connectivity index is 1.87. The molecule has 0 unspecified atom stereocenters. The molecule has 29 heavy (non-hydrogen) atoms. The summed E-state index contributed by atoms with van der Waals surface area (Å²) in [7, 11) is -4.38. The monoisotopic (exact) mass is 484 g/mol. The van der Waals surface area contributed by atoms with E-state index in [0.29, 0.717) is 4.47 Å². The molecule has 0 bridgehead atoms. The van der Waals surface area contributed by atoms with E-state index in [1.807, 2.05) is 0 Å². The van der Waals surface area contributed by atoms with E-state index in [2.05, 4.69) is 21.2 Å². The van der Waals surface area contributed by atoms with Gasteiger partial charge in [0.2, 0.25) is 15.9 Å². The highest BCUT2D eigenvalue weighted by Crippen LogP contribution is 2.22. The standard InChI is InChI=1S/C19H15BrF2N2O4S/c20-13-7-8-17(16(22)10-13)23-19(25)12-24(11-14-4-3-9-28-14)29(26,27)18-6-2-1-5-15(18)21/h1-10H,11-12H2,(H,23,25). The van der Waals surface area contributed by atoms with Crippen molar-refractivity contribution >= 4 is 37.5 Å². The van der Waals surface area contributed by atoms with Gasteiger partial charge in [0.25, 0.3) is 0 Å². The molecule has 0 fully saturated rings. The van der Waals surface area contributed by atoms with Gasteiger partial charge in [0.05, 0.1) is 25.0 Å². The van der Waals surface area contributed by atoms with Gasteiger partial charge in [-0.2, -0.15) is 4.31 Å². The highest BCUT2D eigenvalue weighted by molar-refractivity contribution is 9.10. The van der Waals surface area contributed by atoms with Crippen LogP contribution >= 0.6 is 15.9 Å². The molecule has 1 N–H and O–H groups in total. The van der Waals surface area contributed by atoms with Gasteiger partial charge in [0.1, 0.15) is 22.3 Å². The first-order valence-corrected chi connectivity index (χ1v) is 10.5. The molecule has 3 rings (SSSR count). The molecule has 6 nitrogen and oxygen atoms in total. The van der Waals surface area contributed by atoms with Crippen LogP contribution in [0.2, 0.25) is 0 Å². The van der Waals surface area contributed by atoms with Gasteiger partial charge in [0, 0.05) is 4.47 Å². The molecule has 10 heteroatoms. The van der Waals surface area contributed by atoms with Gasteiger partial charge >= 0.3 is 0 Å². The maximum Gasteiger partial charge on any atom is 0.246 e. The Bertz CT molecular complexity index is 1120. The second-order valence-electron chi connectivity index (χ2n) is 5.96. The van der Waals surface area contributed by atoms with Gasteiger partial charge in [-0.15, -0.1) is 0 Å². The van der Waals surface area contributed by atoms with Crippen molar-refractivity contribution in [2.24, 2.45) is 0 Å². The van der Waals surface area contributed by atoms with E-state index in [0.717, 1.165) is 22.5 Å². The van der Waals surface area contributed by atoms with Gasteiger partial charge in [-0.3, -0.25) is 4.79 Å². The van der Waals surface area contributed by atoms with Crippen molar-refractivity contribution in [2.45, 2.75) is 11.4 Å². The van der Waals surface area contributed by atoms with Crippen molar-refractivity contribution in [3.8, 4) is 0 Å². The average molecular weight is 485 g/mol. The van der Waals surface area contributed by atoms with Crippen LogP contribution in [0, 0.1) is 11.6 Å². The van der Waals surface area contributed by atoms with Crippen LogP contribution in [0.3, 0.4) is 0 Å². The summed E-state index contributed by atoms with van der Waals surface area (Å²) in [4.78, 5) is 11.9. The molecule has 1 aromatic heterocycles. The number of rotatable bonds is 7. The van der Waals surface area contributed by atoms with Gasteiger partial charge < -0.3 is 9.73 Å². The minimum atomic E-state index is -4.38. The minimum Gasteiger partial charge on any atom is -0.468 e. The lowest BCUT2D eigenvalue weighted by Crippen LogP contribution is -2.38. The Morgan fingerprint density at radius 1 is 1.07 bits per heavy atom. The van der Waals surface area contributed by atoms with Crippen molar-refractivity contribution in [1.82, 2.24) is 4.31 Å². The number of sulfonamides is 1. The summed E-state index contributed by atoms with van der Waals surface area (Å²) in [6.45, 7) is -0.979. The van der Waals surface area contributed by atoms with E-state index < -0.39 is 39.0 Å². The number of carbonyl (C=O) groups excluding carboxylic acids is 1. The summed E-state index contributed by atoms with van der Waals surface area (Å²) < 4.78 is 60.4. The van der Waals surface area contributed by atoms with Gasteiger partial charge in [-0.25, -0.2) is 17.2 Å². The van der Waals surface area contributed by atoms with Crippen LogP contribution in [0.25, 0.3) is 0 Å². The summed E-state index contributed by atoms with van der Waals surface area (Å²) in [6.07, 6.45) is 1.35. The van der Waals surface area contributed by atoms with Gasteiger partial charge in [-0.1, -0.05) is 28.1 Å². The Hall–Kier alpha value is -2.56. The predicted molar refractivity (Wildman–Crippen MR) is 105 cm³/mol. The lowest BCUT2D eigenvalue weighted by Gasteiger charge is -2.21. The van der Waals surface area contributed by atoms with Gasteiger partial charge in [0.15, 0.2) is 0 Å². The zero-order valence-electron chi connectivity index (χ0n) is 14.8. The summed E-state index contributed by atoms with van der Waals surface area (Å²) in [5.74, 6) is -2.18. The smallest absolute Gasteiger partial charge is 0.246 e. The van der Waals surface area contributed by atoms with Crippen molar-refractivity contribution in [3.63, 3.8) is 0 Å². The molecule has 0 aliphatic heterocycles. The number of carbonyl (C=O) groups is 1. The SMILES string of the molecule is O=C(CN(Cc1ccco1)S(=O)(=O)c1ccccc1F)Nc1ccc(Br)cc1F. The lowest BCUT2D eigenvalue weighted by atomic mass is 10.3. The second kappa shape index (κ2) is 8.85. The lowest BCUT2D eigenvalue weighted by molar-refractivity contribution is -0.116. The number of nitrogens with one attached hydrogen (secondary N) is 1. The number of amides is 1. The molecule has 0 atom stereocenters. The molecule has 2 aromatic carbocycles. The van der Waals surface area contributed by atoms with E-state index >= 15 is 0 Å². The number of furan rings is 1. The molecule has 1 heterocycles. The van der Waals surface area contributed by atoms with Crippen LogP contribution in [0.4, 0.5) is 14.5 Å². The fourth-order valence-electron chi connectivity index (χ4n) is 2.54. The van der Waals surface area contributed by atoms with E-state index in [1.165, 1.54) is 36.6 Å². The molecule has 0 radical (unpaired) electrons. The van der Waals surface area contributed by atoms with Crippen LogP contribution in [-0.4, -0.2) is 25.2 Å². The normalized spacial score (nSPS) is 11.6. The summed E-state index contributed by atoms with van der Waals surface area (Å²) in [5, 5.41) is 2.32. The number of hydrogen-bond donors (Lipinski definition) is 1. The third-order valence-corrected chi connectivity index (χ3v) is 6.21. The Labute approximate surface area is 174 Å². The number of benzene rings is 2. The zero-order chi connectivity index (χ0) is 21.0. The number of hydrogen-bond acceptors (Lipinski definition) is 4. The molecule has 1 amide bonds. The molecular formula is C19H15BrF2N2O4S. The number of nitrogens with zero attached hydrogens (tertiary/aromatic N) is 1. The molecular weight excluding hydrogens is 470 g/mol. The molecule has 152 valence electrons. The van der Waals surface area contributed by atoms with E-state index in [9.17, 15) is 22.0 Å². The highest BCUT2D eigenvalue weighted by Gasteiger charge is 2.30. The van der Waals surface area contributed by atoms with Crippen molar-refractivity contribution in [2.75, 3.05) is 11.9 Å². The quantitative estimate of drug-likeness (QED) is 0.546. The molecule has 0 saturated carbocycles. The van der Waals surface area contributed by atoms with Crippen molar-refractivity contribution < 1.29 is 26.4 Å². The zero-order valence-corrected chi connectivity index (χ0v) is 17.2. The van der Waals surface area contributed by atoms with Crippen LogP contribution in [0.15, 0.2) is 74.6 Å². The van der Waals surface area contributed by atoms with E-state index in [-0.39, 0.29) is 18.0 Å². The predicted octanol–water partition coefficient (Wildman–Crippen LogP) is 4.15. The topological polar surface area (TPSA) is 79.6 Å². The highest BCUT2D eigenvalue weighted by atomic mass is 79.9. The Morgan fingerprint density at radius 3 is 2.48 bits per heavy atom. The Kier molecular flexibility index (Phi) is 6.46. The average Bonchev–Trinajstić information content (AvgIpc) is 3.17. The maximum atomic E-state index is 14.1. The first-order chi connectivity index (χ1) is 13.8. The van der Waals surface area contributed by atoms with E-state index in [1.54, 1.807) is 6.07 Å². The summed E-state index contributed by atoms with van der Waals surface area (Å²) in [5.41, 5.74) is -0.112. The largest absolute Gasteiger partial charge is 0.468 e.